The van der Waals surface area contributed by atoms with Gasteiger partial charge in [0.15, 0.2) is 0 Å². The molecule has 1 N–H and O–H groups in total. The molecule has 0 aromatic carbocycles. The molecule has 0 heterocycles. The molecule has 0 spiro atoms. The van der Waals surface area contributed by atoms with Crippen molar-refractivity contribution in [3.05, 3.63) is 0 Å². The number of carboxylic acids is 1. The normalized spacial score (nSPS) is 17.0. The van der Waals surface area contributed by atoms with E-state index in [2.05, 4.69) is 0 Å². The summed E-state index contributed by atoms with van der Waals surface area (Å²) in [5.74, 6) is -0.125. The average molecular weight is 140 g/mol. The molecule has 1 aliphatic rings. The monoisotopic (exact) mass is 140 g/mol. The van der Waals surface area contributed by atoms with Crippen LogP contribution in [0.4, 0.5) is 0 Å². The Labute approximate surface area is 92.6 Å². The maximum Gasteiger partial charge on any atom is 1.00 e. The summed E-state index contributed by atoms with van der Waals surface area (Å²) in [6, 6.07) is 0. The Hall–Kier alpha value is 1.11. The molecule has 3 heteroatoms. The number of carbonyl (C=O) groups is 1. The summed E-state index contributed by atoms with van der Waals surface area (Å²) in [4.78, 5) is 9.85. The average Bonchev–Trinajstić information content (AvgIpc) is 2.17. The molecule has 42 valence electrons. The second-order valence-electron chi connectivity index (χ2n) is 2.04. The molecule has 0 aliphatic heterocycles. The first-order chi connectivity index (χ1) is 3.29. The van der Waals surface area contributed by atoms with Gasteiger partial charge in [0.2, 0.25) is 0 Å². The molecule has 0 aromatic rings. The largest absolute Gasteiger partial charge is 1.00 e. The fourth-order valence-corrected chi connectivity index (χ4v) is 0.569. The van der Waals surface area contributed by atoms with Crippen LogP contribution in [-0.2, 0) is 4.79 Å². The summed E-state index contributed by atoms with van der Waals surface area (Å²) in [6.45, 7) is 0. The SMILES string of the molecule is O=C(O)CC1CC1.[H-].[K+]. The summed E-state index contributed by atoms with van der Waals surface area (Å²) >= 11 is 0. The maximum absolute atomic E-state index is 9.85. The Bertz CT molecular complexity index is 93.0. The van der Waals surface area contributed by atoms with Crippen LogP contribution in [0, 0.1) is 5.92 Å². The van der Waals surface area contributed by atoms with E-state index in [-0.39, 0.29) is 52.8 Å². The van der Waals surface area contributed by atoms with Crippen molar-refractivity contribution in [1.29, 1.82) is 0 Å². The molecule has 1 rings (SSSR count). The van der Waals surface area contributed by atoms with Crippen molar-refractivity contribution in [1.82, 2.24) is 0 Å². The number of hydrogen-bond donors (Lipinski definition) is 1. The molecule has 0 bridgehead atoms. The molecule has 8 heavy (non-hydrogen) atoms. The van der Waals surface area contributed by atoms with Crippen molar-refractivity contribution in [3.8, 4) is 0 Å². The third kappa shape index (κ3) is 4.03. The number of aliphatic carboxylic acids is 1. The van der Waals surface area contributed by atoms with Gasteiger partial charge in [-0.2, -0.15) is 0 Å². The first kappa shape index (κ1) is 9.11. The van der Waals surface area contributed by atoms with Gasteiger partial charge < -0.3 is 6.53 Å². The van der Waals surface area contributed by atoms with Crippen molar-refractivity contribution >= 4 is 5.97 Å². The van der Waals surface area contributed by atoms with Gasteiger partial charge in [-0.3, -0.25) is 4.79 Å². The molecular weight excluding hydrogens is 131 g/mol. The third-order valence-corrected chi connectivity index (χ3v) is 1.16. The topological polar surface area (TPSA) is 37.3 Å². The fourth-order valence-electron chi connectivity index (χ4n) is 0.569. The Morgan fingerprint density at radius 1 is 1.75 bits per heavy atom. The smallest absolute Gasteiger partial charge is 1.00 e. The van der Waals surface area contributed by atoms with Gasteiger partial charge in [-0.1, -0.05) is 0 Å². The van der Waals surface area contributed by atoms with Crippen molar-refractivity contribution in [3.63, 3.8) is 0 Å². The van der Waals surface area contributed by atoms with Gasteiger partial charge in [0.25, 0.3) is 0 Å². The second-order valence-corrected chi connectivity index (χ2v) is 2.04. The minimum Gasteiger partial charge on any atom is -1.00 e. The van der Waals surface area contributed by atoms with Crippen LogP contribution in [0.3, 0.4) is 0 Å². The third-order valence-electron chi connectivity index (χ3n) is 1.16. The van der Waals surface area contributed by atoms with Gasteiger partial charge in [0.1, 0.15) is 0 Å². The van der Waals surface area contributed by atoms with E-state index in [0.29, 0.717) is 12.3 Å². The molecule has 0 aromatic heterocycles. The van der Waals surface area contributed by atoms with Gasteiger partial charge in [-0.05, 0) is 18.8 Å². The summed E-state index contributed by atoms with van der Waals surface area (Å²) in [7, 11) is 0. The summed E-state index contributed by atoms with van der Waals surface area (Å²) in [5.41, 5.74) is 0. The van der Waals surface area contributed by atoms with E-state index in [1.165, 1.54) is 0 Å². The zero-order valence-electron chi connectivity index (χ0n) is 6.05. The molecule has 1 fully saturated rings. The van der Waals surface area contributed by atoms with Crippen LogP contribution >= 0.6 is 0 Å². The first-order valence-electron chi connectivity index (χ1n) is 2.51. The van der Waals surface area contributed by atoms with Crippen molar-refractivity contribution in [2.45, 2.75) is 19.3 Å². The quantitative estimate of drug-likeness (QED) is 0.450. The van der Waals surface area contributed by atoms with Crippen LogP contribution in [0.15, 0.2) is 0 Å². The van der Waals surface area contributed by atoms with Gasteiger partial charge >= 0.3 is 57.4 Å². The van der Waals surface area contributed by atoms with E-state index in [0.717, 1.165) is 12.8 Å². The molecule has 0 atom stereocenters. The molecule has 1 saturated carbocycles. The van der Waals surface area contributed by atoms with Gasteiger partial charge in [-0.15, -0.1) is 0 Å². The predicted octanol–water partition coefficient (Wildman–Crippen LogP) is -2.01. The zero-order valence-corrected chi connectivity index (χ0v) is 8.18. The van der Waals surface area contributed by atoms with Gasteiger partial charge in [-0.25, -0.2) is 0 Å². The zero-order chi connectivity index (χ0) is 5.28. The van der Waals surface area contributed by atoms with Crippen molar-refractivity contribution in [2.24, 2.45) is 5.92 Å². The molecule has 2 nitrogen and oxygen atoms in total. The molecule has 0 unspecified atom stereocenters. The predicted molar refractivity (Wildman–Crippen MR) is 26.1 cm³/mol. The van der Waals surface area contributed by atoms with Gasteiger partial charge in [0, 0.05) is 6.42 Å². The van der Waals surface area contributed by atoms with Crippen LogP contribution in [0.25, 0.3) is 0 Å². The van der Waals surface area contributed by atoms with E-state index in [1.54, 1.807) is 0 Å². The van der Waals surface area contributed by atoms with E-state index >= 15 is 0 Å². The van der Waals surface area contributed by atoms with Gasteiger partial charge in [0.05, 0.1) is 0 Å². The Morgan fingerprint density at radius 3 is 2.38 bits per heavy atom. The Balaban J connectivity index is 0. The summed E-state index contributed by atoms with van der Waals surface area (Å²) in [6.07, 6.45) is 2.65. The summed E-state index contributed by atoms with van der Waals surface area (Å²) in [5, 5.41) is 8.12. The first-order valence-corrected chi connectivity index (χ1v) is 2.51. The van der Waals surface area contributed by atoms with Crippen LogP contribution < -0.4 is 51.4 Å². The van der Waals surface area contributed by atoms with E-state index in [1.807, 2.05) is 0 Å². The summed E-state index contributed by atoms with van der Waals surface area (Å²) < 4.78 is 0. The number of rotatable bonds is 2. The molecular formula is C5H9KO2. The number of hydrogen-bond acceptors (Lipinski definition) is 1. The van der Waals surface area contributed by atoms with Crippen molar-refractivity contribution in [2.75, 3.05) is 0 Å². The van der Waals surface area contributed by atoms with E-state index in [4.69, 9.17) is 5.11 Å². The minimum absolute atomic E-state index is 0. The van der Waals surface area contributed by atoms with Crippen LogP contribution in [0.2, 0.25) is 0 Å². The Kier molecular flexibility index (Phi) is 4.56. The van der Waals surface area contributed by atoms with Crippen LogP contribution in [-0.4, -0.2) is 11.1 Å². The molecule has 0 radical (unpaired) electrons. The van der Waals surface area contributed by atoms with E-state index < -0.39 is 5.97 Å². The molecule has 0 amide bonds. The standard InChI is InChI=1S/C5H8O2.K.H/c6-5(7)3-4-1-2-4;;/h4H,1-3H2,(H,6,7);;/q;+1;-1. The number of carboxylic acid groups (broad SMARTS) is 1. The van der Waals surface area contributed by atoms with Crippen LogP contribution in [0.1, 0.15) is 20.7 Å². The van der Waals surface area contributed by atoms with Crippen LogP contribution in [0.5, 0.6) is 0 Å². The van der Waals surface area contributed by atoms with E-state index in [9.17, 15) is 4.79 Å². The second kappa shape index (κ2) is 4.01. The molecule has 0 saturated heterocycles. The Morgan fingerprint density at radius 2 is 2.25 bits per heavy atom. The fraction of sp³-hybridized carbons (Fsp3) is 0.800. The van der Waals surface area contributed by atoms with Crippen molar-refractivity contribution < 1.29 is 62.7 Å². The molecule has 1 aliphatic carbocycles. The maximum atomic E-state index is 9.85. The minimum atomic E-state index is -0.650.